The molecule has 0 amide bonds. The summed E-state index contributed by atoms with van der Waals surface area (Å²) >= 11 is 0. The first kappa shape index (κ1) is 9.83. The van der Waals surface area contributed by atoms with Gasteiger partial charge < -0.3 is 5.11 Å². The van der Waals surface area contributed by atoms with Gasteiger partial charge in [0.05, 0.1) is 0 Å². The predicted octanol–water partition coefficient (Wildman–Crippen LogP) is 2.17. The van der Waals surface area contributed by atoms with Crippen molar-refractivity contribution in [2.24, 2.45) is 0 Å². The molecule has 13 heavy (non-hydrogen) atoms. The lowest BCUT2D eigenvalue weighted by Crippen LogP contribution is -2.07. The van der Waals surface area contributed by atoms with Crippen molar-refractivity contribution in [2.75, 3.05) is 0 Å². The first-order valence-electron chi connectivity index (χ1n) is 4.43. The molecule has 0 saturated heterocycles. The van der Waals surface area contributed by atoms with Gasteiger partial charge >= 0.3 is 0 Å². The van der Waals surface area contributed by atoms with E-state index in [-0.39, 0.29) is 0 Å². The second-order valence-electron chi connectivity index (χ2n) is 3.23. The highest BCUT2D eigenvalue weighted by Gasteiger charge is 2.08. The molecule has 1 rings (SSSR count). The van der Waals surface area contributed by atoms with Gasteiger partial charge in [-0.05, 0) is 17.9 Å². The summed E-state index contributed by atoms with van der Waals surface area (Å²) in [6.45, 7) is 2.07. The van der Waals surface area contributed by atoms with E-state index in [0.29, 0.717) is 12.3 Å². The molecule has 2 unspecified atom stereocenters. The fraction of sp³-hybridized carbons (Fsp3) is 0.333. The van der Waals surface area contributed by atoms with Crippen molar-refractivity contribution in [1.82, 2.24) is 0 Å². The highest BCUT2D eigenvalue weighted by Crippen LogP contribution is 2.19. The molecule has 0 aliphatic rings. The Kier molecular flexibility index (Phi) is 3.54. The molecule has 68 valence electrons. The van der Waals surface area contributed by atoms with Gasteiger partial charge in [0.25, 0.3) is 0 Å². The molecule has 0 aromatic heterocycles. The third kappa shape index (κ3) is 2.93. The van der Waals surface area contributed by atoms with Crippen molar-refractivity contribution < 1.29 is 5.11 Å². The van der Waals surface area contributed by atoms with Gasteiger partial charge in [-0.25, -0.2) is 0 Å². The average Bonchev–Trinajstić information content (AvgIpc) is 2.19. The topological polar surface area (TPSA) is 20.2 Å². The number of rotatable bonds is 3. The van der Waals surface area contributed by atoms with E-state index in [2.05, 4.69) is 12.8 Å². The Morgan fingerprint density at radius 3 is 2.54 bits per heavy atom. The molecular weight excluding hydrogens is 160 g/mol. The second kappa shape index (κ2) is 4.69. The standard InChI is InChI=1S/C12H14O/c1-3-12(13)9-10(2)11-7-5-4-6-8-11/h1,4-8,10,12-13H,9H2,2H3. The first-order valence-corrected chi connectivity index (χ1v) is 4.43. The number of aliphatic hydroxyl groups is 1. The van der Waals surface area contributed by atoms with Crippen LogP contribution in [0.15, 0.2) is 30.3 Å². The molecule has 0 heterocycles. The minimum Gasteiger partial charge on any atom is -0.380 e. The molecule has 0 aliphatic heterocycles. The smallest absolute Gasteiger partial charge is 0.115 e. The third-order valence-corrected chi connectivity index (χ3v) is 2.14. The number of terminal acetylenes is 1. The molecule has 0 aliphatic carbocycles. The molecule has 0 spiro atoms. The third-order valence-electron chi connectivity index (χ3n) is 2.14. The number of hydrogen-bond donors (Lipinski definition) is 1. The van der Waals surface area contributed by atoms with Gasteiger partial charge in [0.15, 0.2) is 0 Å². The quantitative estimate of drug-likeness (QED) is 0.696. The van der Waals surface area contributed by atoms with Gasteiger partial charge in [0.1, 0.15) is 6.10 Å². The largest absolute Gasteiger partial charge is 0.380 e. The van der Waals surface area contributed by atoms with E-state index in [4.69, 9.17) is 6.42 Å². The summed E-state index contributed by atoms with van der Waals surface area (Å²) in [5.74, 6) is 2.63. The van der Waals surface area contributed by atoms with E-state index in [1.807, 2.05) is 30.3 Å². The zero-order chi connectivity index (χ0) is 9.68. The van der Waals surface area contributed by atoms with Crippen LogP contribution in [0.5, 0.6) is 0 Å². The Labute approximate surface area is 79.4 Å². The van der Waals surface area contributed by atoms with Crippen molar-refractivity contribution in [3.63, 3.8) is 0 Å². The average molecular weight is 174 g/mol. The van der Waals surface area contributed by atoms with E-state index in [9.17, 15) is 5.11 Å². The maximum Gasteiger partial charge on any atom is 0.115 e. The van der Waals surface area contributed by atoms with Crippen molar-refractivity contribution in [3.05, 3.63) is 35.9 Å². The van der Waals surface area contributed by atoms with E-state index in [1.165, 1.54) is 5.56 Å². The van der Waals surface area contributed by atoms with Crippen molar-refractivity contribution in [1.29, 1.82) is 0 Å². The highest BCUT2D eigenvalue weighted by atomic mass is 16.3. The molecule has 1 nitrogen and oxygen atoms in total. The van der Waals surface area contributed by atoms with Crippen LogP contribution in [0.25, 0.3) is 0 Å². The summed E-state index contributed by atoms with van der Waals surface area (Å²) in [6.07, 6.45) is 5.09. The van der Waals surface area contributed by atoms with Gasteiger partial charge in [-0.1, -0.05) is 43.2 Å². The Morgan fingerprint density at radius 1 is 1.38 bits per heavy atom. The van der Waals surface area contributed by atoms with Gasteiger partial charge in [0.2, 0.25) is 0 Å². The van der Waals surface area contributed by atoms with Crippen LogP contribution >= 0.6 is 0 Å². The van der Waals surface area contributed by atoms with Crippen LogP contribution in [0.1, 0.15) is 24.8 Å². The minimum atomic E-state index is -0.629. The Hall–Kier alpha value is -1.26. The molecule has 1 aromatic carbocycles. The molecule has 0 radical (unpaired) electrons. The van der Waals surface area contributed by atoms with Crippen LogP contribution in [0.4, 0.5) is 0 Å². The monoisotopic (exact) mass is 174 g/mol. The lowest BCUT2D eigenvalue weighted by atomic mass is 9.95. The van der Waals surface area contributed by atoms with Gasteiger partial charge in [-0.3, -0.25) is 0 Å². The summed E-state index contributed by atoms with van der Waals surface area (Å²) in [4.78, 5) is 0. The van der Waals surface area contributed by atoms with Crippen LogP contribution in [0.2, 0.25) is 0 Å². The molecule has 1 N–H and O–H groups in total. The molecular formula is C12H14O. The fourth-order valence-corrected chi connectivity index (χ4v) is 1.32. The number of benzene rings is 1. The SMILES string of the molecule is C#CC(O)CC(C)c1ccccc1. The summed E-state index contributed by atoms with van der Waals surface area (Å²) in [5.41, 5.74) is 1.22. The molecule has 0 fully saturated rings. The molecule has 0 bridgehead atoms. The van der Waals surface area contributed by atoms with E-state index >= 15 is 0 Å². The molecule has 1 aromatic rings. The van der Waals surface area contributed by atoms with Crippen molar-refractivity contribution in [3.8, 4) is 12.3 Å². The van der Waals surface area contributed by atoms with Crippen LogP contribution in [-0.2, 0) is 0 Å². The fourth-order valence-electron chi connectivity index (χ4n) is 1.32. The van der Waals surface area contributed by atoms with Crippen molar-refractivity contribution >= 4 is 0 Å². The number of aliphatic hydroxyl groups excluding tert-OH is 1. The Morgan fingerprint density at radius 2 is 2.00 bits per heavy atom. The van der Waals surface area contributed by atoms with Crippen LogP contribution in [0, 0.1) is 12.3 Å². The van der Waals surface area contributed by atoms with Crippen LogP contribution in [0.3, 0.4) is 0 Å². The normalized spacial score (nSPS) is 14.5. The van der Waals surface area contributed by atoms with Gasteiger partial charge in [0, 0.05) is 0 Å². The lowest BCUT2D eigenvalue weighted by molar-refractivity contribution is 0.213. The predicted molar refractivity (Wildman–Crippen MR) is 54.3 cm³/mol. The summed E-state index contributed by atoms with van der Waals surface area (Å²) in [6, 6.07) is 10.1. The molecule has 2 atom stereocenters. The lowest BCUT2D eigenvalue weighted by Gasteiger charge is -2.12. The number of hydrogen-bond acceptors (Lipinski definition) is 1. The van der Waals surface area contributed by atoms with E-state index in [1.54, 1.807) is 0 Å². The second-order valence-corrected chi connectivity index (χ2v) is 3.23. The summed E-state index contributed by atoms with van der Waals surface area (Å²) in [5, 5.41) is 9.25. The van der Waals surface area contributed by atoms with Crippen LogP contribution in [-0.4, -0.2) is 11.2 Å². The highest BCUT2D eigenvalue weighted by molar-refractivity contribution is 5.19. The Bertz CT molecular complexity index is 284. The van der Waals surface area contributed by atoms with Gasteiger partial charge in [-0.15, -0.1) is 6.42 Å². The maximum absolute atomic E-state index is 9.25. The first-order chi connectivity index (χ1) is 6.24. The van der Waals surface area contributed by atoms with Gasteiger partial charge in [-0.2, -0.15) is 0 Å². The molecule has 1 heteroatoms. The van der Waals surface area contributed by atoms with Crippen LogP contribution < -0.4 is 0 Å². The molecule has 0 saturated carbocycles. The minimum absolute atomic E-state index is 0.312. The van der Waals surface area contributed by atoms with E-state index < -0.39 is 6.10 Å². The summed E-state index contributed by atoms with van der Waals surface area (Å²) in [7, 11) is 0. The van der Waals surface area contributed by atoms with E-state index in [0.717, 1.165) is 0 Å². The summed E-state index contributed by atoms with van der Waals surface area (Å²) < 4.78 is 0. The Balaban J connectivity index is 2.60. The van der Waals surface area contributed by atoms with Crippen molar-refractivity contribution in [2.45, 2.75) is 25.4 Å². The maximum atomic E-state index is 9.25. The zero-order valence-electron chi connectivity index (χ0n) is 7.77. The zero-order valence-corrected chi connectivity index (χ0v) is 7.77.